The Balaban J connectivity index is 1.80. The third-order valence-electron chi connectivity index (χ3n) is 5.96. The molecule has 1 heterocycles. The Morgan fingerprint density at radius 3 is 2.52 bits per heavy atom. The van der Waals surface area contributed by atoms with E-state index in [1.807, 2.05) is 0 Å². The Morgan fingerprint density at radius 1 is 1.19 bits per heavy atom. The number of aliphatic imine (C=N–C) groups is 1. The first kappa shape index (κ1) is 22.0. The minimum Gasteiger partial charge on any atom is -0.379 e. The van der Waals surface area contributed by atoms with Crippen LogP contribution in [0.5, 0.6) is 0 Å². The second-order valence-corrected chi connectivity index (χ2v) is 8.10. The van der Waals surface area contributed by atoms with Gasteiger partial charge in [0.25, 0.3) is 0 Å². The normalized spacial score (nSPS) is 20.5. The van der Waals surface area contributed by atoms with E-state index >= 15 is 0 Å². The molecular weight excluding hydrogens is 342 g/mol. The monoisotopic (exact) mass is 381 g/mol. The molecule has 1 aliphatic carbocycles. The fourth-order valence-electron chi connectivity index (χ4n) is 3.85. The SMILES string of the molecule is CCC1(CNC(=NCC(=O)N(C)C)NCCCN2CCOCC2)CCCC1. The van der Waals surface area contributed by atoms with E-state index in [0.29, 0.717) is 5.41 Å². The maximum absolute atomic E-state index is 11.9. The van der Waals surface area contributed by atoms with Gasteiger partial charge < -0.3 is 20.3 Å². The average molecular weight is 382 g/mol. The molecule has 27 heavy (non-hydrogen) atoms. The molecule has 1 saturated carbocycles. The topological polar surface area (TPSA) is 69.2 Å². The number of likely N-dealkylation sites (N-methyl/N-ethyl adjacent to an activating group) is 1. The van der Waals surface area contributed by atoms with Crippen molar-refractivity contribution in [3.8, 4) is 0 Å². The van der Waals surface area contributed by atoms with Crippen molar-refractivity contribution in [1.29, 1.82) is 0 Å². The molecule has 2 rings (SSSR count). The Labute approximate surface area is 164 Å². The van der Waals surface area contributed by atoms with E-state index in [4.69, 9.17) is 4.74 Å². The van der Waals surface area contributed by atoms with Gasteiger partial charge in [-0.1, -0.05) is 19.8 Å². The Morgan fingerprint density at radius 2 is 1.89 bits per heavy atom. The van der Waals surface area contributed by atoms with Crippen molar-refractivity contribution in [2.45, 2.75) is 45.4 Å². The van der Waals surface area contributed by atoms with Gasteiger partial charge in [-0.05, 0) is 37.6 Å². The molecule has 0 unspecified atom stereocenters. The lowest BCUT2D eigenvalue weighted by atomic mass is 9.83. The van der Waals surface area contributed by atoms with Gasteiger partial charge in [0, 0.05) is 40.3 Å². The molecule has 0 bridgehead atoms. The van der Waals surface area contributed by atoms with Gasteiger partial charge >= 0.3 is 0 Å². The highest BCUT2D eigenvalue weighted by atomic mass is 16.5. The number of hydrogen-bond donors (Lipinski definition) is 2. The first-order valence-corrected chi connectivity index (χ1v) is 10.6. The number of hydrogen-bond acceptors (Lipinski definition) is 4. The molecule has 0 aromatic heterocycles. The van der Waals surface area contributed by atoms with Crippen LogP contribution in [0.3, 0.4) is 0 Å². The van der Waals surface area contributed by atoms with Gasteiger partial charge in [0.15, 0.2) is 5.96 Å². The number of guanidine groups is 1. The summed E-state index contributed by atoms with van der Waals surface area (Å²) in [4.78, 5) is 20.5. The molecule has 1 saturated heterocycles. The molecule has 0 spiro atoms. The predicted molar refractivity (Wildman–Crippen MR) is 110 cm³/mol. The minimum absolute atomic E-state index is 0.0236. The lowest BCUT2D eigenvalue weighted by Gasteiger charge is -2.29. The highest BCUT2D eigenvalue weighted by molar-refractivity contribution is 5.84. The summed E-state index contributed by atoms with van der Waals surface area (Å²) in [5.74, 6) is 0.794. The number of rotatable bonds is 9. The predicted octanol–water partition coefficient (Wildman–Crippen LogP) is 1.30. The van der Waals surface area contributed by atoms with Crippen molar-refractivity contribution in [2.24, 2.45) is 10.4 Å². The highest BCUT2D eigenvalue weighted by Gasteiger charge is 2.31. The summed E-state index contributed by atoms with van der Waals surface area (Å²) in [5.41, 5.74) is 0.391. The average Bonchev–Trinajstić information content (AvgIpc) is 3.16. The summed E-state index contributed by atoms with van der Waals surface area (Å²) in [6.45, 7) is 9.07. The maximum atomic E-state index is 11.9. The van der Waals surface area contributed by atoms with Crippen LogP contribution in [0.15, 0.2) is 4.99 Å². The first-order valence-electron chi connectivity index (χ1n) is 10.6. The lowest BCUT2D eigenvalue weighted by molar-refractivity contribution is -0.127. The molecule has 0 aromatic carbocycles. The molecule has 7 heteroatoms. The maximum Gasteiger partial charge on any atom is 0.243 e. The zero-order valence-corrected chi connectivity index (χ0v) is 17.6. The number of nitrogens with one attached hydrogen (secondary N) is 2. The van der Waals surface area contributed by atoms with Gasteiger partial charge in [0.2, 0.25) is 5.91 Å². The molecule has 0 aromatic rings. The van der Waals surface area contributed by atoms with Crippen LogP contribution >= 0.6 is 0 Å². The highest BCUT2D eigenvalue weighted by Crippen LogP contribution is 2.40. The molecule has 2 N–H and O–H groups in total. The number of amides is 1. The Kier molecular flexibility index (Phi) is 9.34. The summed E-state index contributed by atoms with van der Waals surface area (Å²) < 4.78 is 5.40. The third kappa shape index (κ3) is 7.66. The van der Waals surface area contributed by atoms with Crippen molar-refractivity contribution in [3.05, 3.63) is 0 Å². The van der Waals surface area contributed by atoms with Gasteiger partial charge in [-0.2, -0.15) is 0 Å². The zero-order chi connectivity index (χ0) is 19.5. The standard InChI is InChI=1S/C20H39N5O2/c1-4-20(8-5-6-9-20)17-23-19(22-16-18(26)24(2)3)21-10-7-11-25-12-14-27-15-13-25/h4-17H2,1-3H3,(H2,21,22,23). The summed E-state index contributed by atoms with van der Waals surface area (Å²) in [6.07, 6.45) is 7.49. The van der Waals surface area contributed by atoms with Crippen LogP contribution in [-0.2, 0) is 9.53 Å². The van der Waals surface area contributed by atoms with Crippen LogP contribution < -0.4 is 10.6 Å². The number of carbonyl (C=O) groups is 1. The van der Waals surface area contributed by atoms with E-state index in [1.54, 1.807) is 19.0 Å². The fourth-order valence-corrected chi connectivity index (χ4v) is 3.85. The van der Waals surface area contributed by atoms with E-state index in [-0.39, 0.29) is 12.5 Å². The molecule has 7 nitrogen and oxygen atoms in total. The Hall–Kier alpha value is -1.34. The van der Waals surface area contributed by atoms with Gasteiger partial charge in [-0.3, -0.25) is 9.69 Å². The van der Waals surface area contributed by atoms with E-state index in [1.165, 1.54) is 32.1 Å². The number of carbonyl (C=O) groups excluding carboxylic acids is 1. The summed E-state index contributed by atoms with van der Waals surface area (Å²) in [7, 11) is 3.54. The van der Waals surface area contributed by atoms with Gasteiger partial charge in [0.05, 0.1) is 13.2 Å². The largest absolute Gasteiger partial charge is 0.379 e. The zero-order valence-electron chi connectivity index (χ0n) is 17.6. The number of morpholine rings is 1. The second-order valence-electron chi connectivity index (χ2n) is 8.10. The number of nitrogens with zero attached hydrogens (tertiary/aromatic N) is 3. The fraction of sp³-hybridized carbons (Fsp3) is 0.900. The van der Waals surface area contributed by atoms with Gasteiger partial charge in [-0.25, -0.2) is 4.99 Å². The summed E-state index contributed by atoms with van der Waals surface area (Å²) >= 11 is 0. The van der Waals surface area contributed by atoms with Crippen LogP contribution in [0.1, 0.15) is 45.4 Å². The molecule has 1 aliphatic heterocycles. The van der Waals surface area contributed by atoms with Crippen LogP contribution in [0.2, 0.25) is 0 Å². The molecule has 0 atom stereocenters. The molecular formula is C20H39N5O2. The second kappa shape index (κ2) is 11.5. The van der Waals surface area contributed by atoms with Gasteiger partial charge in [0.1, 0.15) is 6.54 Å². The van der Waals surface area contributed by atoms with Gasteiger partial charge in [-0.15, -0.1) is 0 Å². The molecule has 1 amide bonds. The third-order valence-corrected chi connectivity index (χ3v) is 5.96. The van der Waals surface area contributed by atoms with Crippen LogP contribution in [0, 0.1) is 5.41 Å². The van der Waals surface area contributed by atoms with E-state index in [0.717, 1.165) is 58.3 Å². The van der Waals surface area contributed by atoms with Crippen molar-refractivity contribution in [2.75, 3.05) is 66.6 Å². The molecule has 156 valence electrons. The molecule has 2 aliphatic rings. The molecule has 0 radical (unpaired) electrons. The van der Waals surface area contributed by atoms with Crippen molar-refractivity contribution in [3.63, 3.8) is 0 Å². The first-order chi connectivity index (χ1) is 13.0. The summed E-state index contributed by atoms with van der Waals surface area (Å²) in [6, 6.07) is 0. The van der Waals surface area contributed by atoms with E-state index in [2.05, 4.69) is 27.4 Å². The smallest absolute Gasteiger partial charge is 0.243 e. The molecule has 2 fully saturated rings. The Bertz CT molecular complexity index is 469. The minimum atomic E-state index is 0.0236. The van der Waals surface area contributed by atoms with Crippen LogP contribution in [0.4, 0.5) is 0 Å². The van der Waals surface area contributed by atoms with Crippen LogP contribution in [0.25, 0.3) is 0 Å². The van der Waals surface area contributed by atoms with E-state index in [9.17, 15) is 4.79 Å². The van der Waals surface area contributed by atoms with Crippen molar-refractivity contribution < 1.29 is 9.53 Å². The quantitative estimate of drug-likeness (QED) is 0.358. The summed E-state index contributed by atoms with van der Waals surface area (Å²) in [5, 5.41) is 6.95. The van der Waals surface area contributed by atoms with Crippen LogP contribution in [-0.4, -0.2) is 88.2 Å². The van der Waals surface area contributed by atoms with Crippen molar-refractivity contribution in [1.82, 2.24) is 20.4 Å². The lowest BCUT2D eigenvalue weighted by Crippen LogP contribution is -2.44. The van der Waals surface area contributed by atoms with Crippen molar-refractivity contribution >= 4 is 11.9 Å². The van der Waals surface area contributed by atoms with E-state index < -0.39 is 0 Å². The number of ether oxygens (including phenoxy) is 1.